The third-order valence-corrected chi connectivity index (χ3v) is 3.27. The summed E-state index contributed by atoms with van der Waals surface area (Å²) in [7, 11) is 0. The van der Waals surface area contributed by atoms with Gasteiger partial charge in [-0.1, -0.05) is 73.7 Å². The number of rotatable bonds is 5. The van der Waals surface area contributed by atoms with Crippen molar-refractivity contribution >= 4 is 12.2 Å². The molecule has 19 heavy (non-hydrogen) atoms. The summed E-state index contributed by atoms with van der Waals surface area (Å²) < 4.78 is 0. The van der Waals surface area contributed by atoms with E-state index >= 15 is 0 Å². The van der Waals surface area contributed by atoms with Crippen LogP contribution in [0.4, 0.5) is 0 Å². The van der Waals surface area contributed by atoms with Gasteiger partial charge < -0.3 is 5.73 Å². The first-order valence-electron chi connectivity index (χ1n) is 6.85. The summed E-state index contributed by atoms with van der Waals surface area (Å²) in [6.45, 7) is 2.13. The molecule has 1 unspecified atom stereocenters. The van der Waals surface area contributed by atoms with Crippen molar-refractivity contribution in [3.05, 3.63) is 71.3 Å². The molecule has 0 saturated heterocycles. The van der Waals surface area contributed by atoms with E-state index in [1.807, 2.05) is 6.07 Å². The van der Waals surface area contributed by atoms with Gasteiger partial charge in [-0.3, -0.25) is 0 Å². The van der Waals surface area contributed by atoms with E-state index in [4.69, 9.17) is 5.73 Å². The summed E-state index contributed by atoms with van der Waals surface area (Å²) in [6, 6.07) is 19.2. The molecule has 1 atom stereocenters. The summed E-state index contributed by atoms with van der Waals surface area (Å²) in [5, 5.41) is 0. The van der Waals surface area contributed by atoms with E-state index in [1.165, 1.54) is 16.7 Å². The van der Waals surface area contributed by atoms with Gasteiger partial charge in [0.05, 0.1) is 0 Å². The van der Waals surface area contributed by atoms with E-state index in [-0.39, 0.29) is 6.04 Å². The minimum absolute atomic E-state index is 0.269. The lowest BCUT2D eigenvalue weighted by Crippen LogP contribution is -2.21. The fourth-order valence-electron chi connectivity index (χ4n) is 1.97. The van der Waals surface area contributed by atoms with Crippen LogP contribution in [0.25, 0.3) is 12.2 Å². The molecule has 0 aliphatic heterocycles. The lowest BCUT2D eigenvalue weighted by molar-refractivity contribution is 0.646. The molecule has 1 heteroatoms. The first kappa shape index (κ1) is 13.6. The van der Waals surface area contributed by atoms with Crippen LogP contribution in [0.15, 0.2) is 54.6 Å². The Kier molecular flexibility index (Phi) is 4.93. The molecule has 0 heterocycles. The van der Waals surface area contributed by atoms with Crippen LogP contribution in [0.5, 0.6) is 0 Å². The third-order valence-electron chi connectivity index (χ3n) is 3.27. The van der Waals surface area contributed by atoms with Crippen LogP contribution in [-0.4, -0.2) is 6.04 Å². The standard InChI is InChI=1S/C18H21N/c1-2-18(19)14-17-12-10-16(11-13-17)9-8-15-6-4-3-5-7-15/h3-13,18H,2,14,19H2,1H3/b9-8+. The van der Waals surface area contributed by atoms with Crippen LogP contribution >= 0.6 is 0 Å². The minimum atomic E-state index is 0.269. The van der Waals surface area contributed by atoms with Gasteiger partial charge in [0.25, 0.3) is 0 Å². The largest absolute Gasteiger partial charge is 0.327 e. The van der Waals surface area contributed by atoms with Gasteiger partial charge in [-0.15, -0.1) is 0 Å². The summed E-state index contributed by atoms with van der Waals surface area (Å²) in [5.74, 6) is 0. The van der Waals surface area contributed by atoms with Gasteiger partial charge in [-0.25, -0.2) is 0 Å². The maximum Gasteiger partial charge on any atom is 0.00766 e. The van der Waals surface area contributed by atoms with Gasteiger partial charge in [-0.2, -0.15) is 0 Å². The lowest BCUT2D eigenvalue weighted by Gasteiger charge is -2.08. The normalized spacial score (nSPS) is 12.7. The SMILES string of the molecule is CCC(N)Cc1ccc(/C=C/c2ccccc2)cc1. The molecule has 0 fully saturated rings. The molecule has 98 valence electrons. The molecule has 1 nitrogen and oxygen atoms in total. The van der Waals surface area contributed by atoms with Crippen LogP contribution in [-0.2, 0) is 6.42 Å². The van der Waals surface area contributed by atoms with Crippen molar-refractivity contribution in [1.82, 2.24) is 0 Å². The van der Waals surface area contributed by atoms with E-state index in [1.54, 1.807) is 0 Å². The highest BCUT2D eigenvalue weighted by Crippen LogP contribution is 2.11. The average molecular weight is 251 g/mol. The minimum Gasteiger partial charge on any atom is -0.327 e. The Morgan fingerprint density at radius 1 is 0.895 bits per heavy atom. The molecular formula is C18H21N. The highest BCUT2D eigenvalue weighted by molar-refractivity contribution is 5.69. The molecule has 0 spiro atoms. The fourth-order valence-corrected chi connectivity index (χ4v) is 1.97. The van der Waals surface area contributed by atoms with Gasteiger partial charge in [0.15, 0.2) is 0 Å². The maximum atomic E-state index is 5.96. The van der Waals surface area contributed by atoms with E-state index < -0.39 is 0 Å². The second-order valence-corrected chi connectivity index (χ2v) is 4.86. The molecule has 0 aromatic heterocycles. The van der Waals surface area contributed by atoms with Crippen LogP contribution in [0.2, 0.25) is 0 Å². The quantitative estimate of drug-likeness (QED) is 0.794. The fraction of sp³-hybridized carbons (Fsp3) is 0.222. The molecule has 2 rings (SSSR count). The zero-order valence-corrected chi connectivity index (χ0v) is 11.4. The van der Waals surface area contributed by atoms with E-state index in [9.17, 15) is 0 Å². The third kappa shape index (κ3) is 4.38. The van der Waals surface area contributed by atoms with Gasteiger partial charge >= 0.3 is 0 Å². The first-order valence-corrected chi connectivity index (χ1v) is 6.85. The molecule has 0 radical (unpaired) electrons. The van der Waals surface area contributed by atoms with Crippen LogP contribution in [0, 0.1) is 0 Å². The molecule has 0 aliphatic carbocycles. The van der Waals surface area contributed by atoms with Crippen LogP contribution in [0.3, 0.4) is 0 Å². The Balaban J connectivity index is 2.01. The van der Waals surface area contributed by atoms with Crippen molar-refractivity contribution in [2.75, 3.05) is 0 Å². The number of nitrogens with two attached hydrogens (primary N) is 1. The topological polar surface area (TPSA) is 26.0 Å². The molecule has 0 saturated carbocycles. The molecule has 2 N–H and O–H groups in total. The van der Waals surface area contributed by atoms with Gasteiger partial charge in [0, 0.05) is 6.04 Å². The second kappa shape index (κ2) is 6.91. The summed E-state index contributed by atoms with van der Waals surface area (Å²) in [5.41, 5.74) is 9.72. The Labute approximate surface area is 115 Å². The summed E-state index contributed by atoms with van der Waals surface area (Å²) in [6.07, 6.45) is 6.25. The molecular weight excluding hydrogens is 230 g/mol. The zero-order valence-electron chi connectivity index (χ0n) is 11.4. The first-order chi connectivity index (χ1) is 9.28. The molecule has 0 amide bonds. The Morgan fingerprint density at radius 3 is 2.05 bits per heavy atom. The lowest BCUT2D eigenvalue weighted by atomic mass is 10.0. The Hall–Kier alpha value is -1.86. The molecule has 0 bridgehead atoms. The van der Waals surface area contributed by atoms with Crippen molar-refractivity contribution in [3.63, 3.8) is 0 Å². The van der Waals surface area contributed by atoms with E-state index in [0.717, 1.165) is 12.8 Å². The predicted molar refractivity (Wildman–Crippen MR) is 83.8 cm³/mol. The molecule has 0 aliphatic rings. The van der Waals surface area contributed by atoms with Crippen molar-refractivity contribution in [3.8, 4) is 0 Å². The summed E-state index contributed by atoms with van der Waals surface area (Å²) in [4.78, 5) is 0. The number of benzene rings is 2. The smallest absolute Gasteiger partial charge is 0.00766 e. The predicted octanol–water partition coefficient (Wildman–Crippen LogP) is 4.14. The Morgan fingerprint density at radius 2 is 1.47 bits per heavy atom. The average Bonchev–Trinajstić information content (AvgIpc) is 2.47. The van der Waals surface area contributed by atoms with Gasteiger partial charge in [-0.05, 0) is 29.5 Å². The second-order valence-electron chi connectivity index (χ2n) is 4.86. The monoisotopic (exact) mass is 251 g/mol. The van der Waals surface area contributed by atoms with Gasteiger partial charge in [0.2, 0.25) is 0 Å². The summed E-state index contributed by atoms with van der Waals surface area (Å²) >= 11 is 0. The van der Waals surface area contributed by atoms with Crippen molar-refractivity contribution in [1.29, 1.82) is 0 Å². The number of hydrogen-bond acceptors (Lipinski definition) is 1. The Bertz CT molecular complexity index is 511. The van der Waals surface area contributed by atoms with E-state index in [2.05, 4.69) is 67.6 Å². The maximum absolute atomic E-state index is 5.96. The van der Waals surface area contributed by atoms with Crippen LogP contribution < -0.4 is 5.73 Å². The zero-order chi connectivity index (χ0) is 13.5. The highest BCUT2D eigenvalue weighted by Gasteiger charge is 2.00. The van der Waals surface area contributed by atoms with Crippen molar-refractivity contribution in [2.45, 2.75) is 25.8 Å². The molecule has 2 aromatic carbocycles. The van der Waals surface area contributed by atoms with Crippen LogP contribution in [0.1, 0.15) is 30.0 Å². The molecule has 2 aromatic rings. The van der Waals surface area contributed by atoms with E-state index in [0.29, 0.717) is 0 Å². The van der Waals surface area contributed by atoms with Gasteiger partial charge in [0.1, 0.15) is 0 Å². The van der Waals surface area contributed by atoms with Crippen molar-refractivity contribution < 1.29 is 0 Å². The number of hydrogen-bond donors (Lipinski definition) is 1. The van der Waals surface area contributed by atoms with Crippen molar-refractivity contribution in [2.24, 2.45) is 5.73 Å². The highest BCUT2D eigenvalue weighted by atomic mass is 14.6.